The maximum Gasteiger partial charge on any atom is 0.407 e. The quantitative estimate of drug-likeness (QED) is 0.0835. The fourth-order valence-electron chi connectivity index (χ4n) is 11.0. The second kappa shape index (κ2) is 27.5. The molecule has 0 radical (unpaired) electrons. The minimum atomic E-state index is -1.50. The predicted molar refractivity (Wildman–Crippen MR) is 273 cm³/mol. The van der Waals surface area contributed by atoms with Crippen molar-refractivity contribution in [1.82, 2.24) is 10.3 Å². The number of cyclic esters (lactones) is 1. The number of hydrogen-bond acceptors (Lipinski definition) is 17. The minimum absolute atomic E-state index is 0.0102. The number of methoxy groups -OCH3 is 4. The Hall–Kier alpha value is -4.52. The van der Waals surface area contributed by atoms with E-state index in [0.717, 1.165) is 30.4 Å². The van der Waals surface area contributed by atoms with Crippen LogP contribution in [0.5, 0.6) is 0 Å². The normalized spacial score (nSPS) is 36.5. The molecule has 1 aromatic heterocycles. The number of esters is 1. The first kappa shape index (κ1) is 58.7. The van der Waals surface area contributed by atoms with Crippen molar-refractivity contribution in [2.45, 2.75) is 166 Å². The van der Waals surface area contributed by atoms with Crippen LogP contribution in [0.3, 0.4) is 0 Å². The molecule has 2 saturated heterocycles. The van der Waals surface area contributed by atoms with Crippen molar-refractivity contribution in [3.05, 3.63) is 83.2 Å². The van der Waals surface area contributed by atoms with Crippen LogP contribution in [0.2, 0.25) is 0 Å². The number of oxazole rings is 1. The molecule has 1 aromatic rings. The summed E-state index contributed by atoms with van der Waals surface area (Å²) in [6, 6.07) is 2.19. The van der Waals surface area contributed by atoms with Gasteiger partial charge in [-0.25, -0.2) is 9.78 Å². The van der Waals surface area contributed by atoms with Crippen LogP contribution in [0.15, 0.2) is 70.2 Å². The van der Waals surface area contributed by atoms with Crippen molar-refractivity contribution in [2.24, 2.45) is 29.1 Å². The van der Waals surface area contributed by atoms with Crippen molar-refractivity contribution in [3.8, 4) is 6.07 Å². The molecule has 1 saturated carbocycles. The van der Waals surface area contributed by atoms with E-state index in [2.05, 4.69) is 61.7 Å². The molecule has 4 heterocycles. The molecule has 0 spiro atoms. The summed E-state index contributed by atoms with van der Waals surface area (Å²) >= 11 is 0. The molecule has 3 fully saturated rings. The van der Waals surface area contributed by atoms with Crippen LogP contribution in [-0.4, -0.2) is 150 Å². The van der Waals surface area contributed by atoms with E-state index in [1.54, 1.807) is 7.11 Å². The van der Waals surface area contributed by atoms with Gasteiger partial charge >= 0.3 is 12.1 Å². The predicted octanol–water partition coefficient (Wildman–Crippen LogP) is 7.35. The highest BCUT2D eigenvalue weighted by molar-refractivity contribution is 5.70. The summed E-state index contributed by atoms with van der Waals surface area (Å²) in [6.07, 6.45) is 12.7. The zero-order valence-corrected chi connectivity index (χ0v) is 45.0. The summed E-state index contributed by atoms with van der Waals surface area (Å²) in [6.45, 7) is 12.3. The number of aliphatic hydroxyl groups excluding tert-OH is 2. The van der Waals surface area contributed by atoms with Crippen LogP contribution >= 0.6 is 0 Å². The molecule has 5 aliphatic rings. The fraction of sp³-hybridized carbons (Fsp3) is 0.679. The van der Waals surface area contributed by atoms with Crippen molar-refractivity contribution in [2.75, 3.05) is 48.7 Å². The number of aromatic nitrogens is 1. The Labute approximate surface area is 437 Å². The fourth-order valence-corrected chi connectivity index (χ4v) is 11.0. The van der Waals surface area contributed by atoms with Gasteiger partial charge in [0.15, 0.2) is 24.6 Å². The van der Waals surface area contributed by atoms with Crippen LogP contribution in [0.1, 0.15) is 103 Å². The number of fused-ring (bicyclic) bond motifs is 3. The molecule has 3 aliphatic heterocycles. The van der Waals surface area contributed by atoms with Gasteiger partial charge in [0.25, 0.3) is 0 Å². The summed E-state index contributed by atoms with van der Waals surface area (Å²) in [4.78, 5) is 30.4. The van der Waals surface area contributed by atoms with E-state index in [4.69, 9.17) is 62.0 Å². The number of amides is 1. The molecule has 2 aliphatic carbocycles. The van der Waals surface area contributed by atoms with Crippen molar-refractivity contribution < 1.29 is 71.6 Å². The molecule has 1 amide bonds. The first-order chi connectivity index (χ1) is 35.5. The number of carbonyl (C=O) groups excluding carboxylic acids is 2. The first-order valence-electron chi connectivity index (χ1n) is 26.0. The van der Waals surface area contributed by atoms with E-state index in [1.165, 1.54) is 28.4 Å². The second-order valence-corrected chi connectivity index (χ2v) is 20.5. The Morgan fingerprint density at radius 3 is 2.49 bits per heavy atom. The Bertz CT molecular complexity index is 2230. The summed E-state index contributed by atoms with van der Waals surface area (Å²) in [5, 5.41) is 34.6. The second-order valence-electron chi connectivity index (χ2n) is 20.5. The van der Waals surface area contributed by atoms with Crippen LogP contribution in [0.4, 0.5) is 4.79 Å². The minimum Gasteiger partial charge on any atom is -0.457 e. The Kier molecular flexibility index (Phi) is 21.8. The molecular formula is C56H81N3O15. The van der Waals surface area contributed by atoms with E-state index in [9.17, 15) is 19.8 Å². The molecule has 18 atom stereocenters. The zero-order chi connectivity index (χ0) is 53.7. The highest BCUT2D eigenvalue weighted by Crippen LogP contribution is 2.56. The first-order valence-corrected chi connectivity index (χ1v) is 26.0. The van der Waals surface area contributed by atoms with Crippen LogP contribution in [-0.2, 0) is 52.2 Å². The number of carbonyl (C=O) groups is 2. The topological polar surface area (TPSA) is 229 Å². The average Bonchev–Trinajstić information content (AvgIpc) is 3.76. The lowest BCUT2D eigenvalue weighted by Gasteiger charge is -2.55. The highest BCUT2D eigenvalue weighted by Gasteiger charge is 2.56. The number of nitrogens with zero attached hydrogens (tertiary/aromatic N) is 2. The summed E-state index contributed by atoms with van der Waals surface area (Å²) in [7, 11) is 7.51. The lowest BCUT2D eigenvalue weighted by molar-refractivity contribution is -0.360. The number of aliphatic hydroxyl groups is 2. The standard InChI is InChI=1S/C56H81N3O15/c1-32-17-16-21-45(60)70-41(23-22-40-36(5)69-52(59-40)34(3)19-14-15-26-57)33(2)18-12-13-20-37-27-35(4)46-39(56(37,6)25-24-32)28-38(65-9)29-42(46)71-54-51(67-11)50(47(61)43(72-54)30-64-8)73-53-48(62)49(74-55(63)58-7)44(66-10)31-68-53/h12-13,17-18,20,22-25,27,33-34,37-39,41-44,46-51,53-54,61-62H,14-16,19,21,28-31H2,1-11H3,(H,58,63). The number of allylic oxidation sites excluding steroid dienone is 8. The van der Waals surface area contributed by atoms with Gasteiger partial charge in [-0.2, -0.15) is 5.26 Å². The number of aryl methyl sites for hydroxylation is 1. The molecule has 3 N–H and O–H groups in total. The number of nitrogens with one attached hydrogen (secondary N) is 1. The highest BCUT2D eigenvalue weighted by atomic mass is 16.7. The molecular weight excluding hydrogens is 955 g/mol. The van der Waals surface area contributed by atoms with Gasteiger partial charge in [0.05, 0.1) is 31.5 Å². The third kappa shape index (κ3) is 14.3. The third-order valence-electron chi connectivity index (χ3n) is 15.4. The molecule has 74 heavy (non-hydrogen) atoms. The largest absolute Gasteiger partial charge is 0.457 e. The van der Waals surface area contributed by atoms with Gasteiger partial charge in [-0.1, -0.05) is 80.5 Å². The summed E-state index contributed by atoms with van der Waals surface area (Å²) < 4.78 is 66.7. The molecule has 0 bridgehead atoms. The Morgan fingerprint density at radius 1 is 1.01 bits per heavy atom. The lowest BCUT2D eigenvalue weighted by atomic mass is 9.53. The molecule has 18 unspecified atom stereocenters. The molecule has 410 valence electrons. The number of hydrogen-bond donors (Lipinski definition) is 3. The smallest absolute Gasteiger partial charge is 0.407 e. The Morgan fingerprint density at radius 2 is 1.78 bits per heavy atom. The number of rotatable bonds is 16. The number of nitriles is 1. The van der Waals surface area contributed by atoms with Gasteiger partial charge in [0, 0.05) is 78.4 Å². The maximum absolute atomic E-state index is 13.4. The molecule has 18 heteroatoms. The molecule has 6 rings (SSSR count). The molecule has 0 aromatic carbocycles. The van der Waals surface area contributed by atoms with Gasteiger partial charge in [-0.15, -0.1) is 0 Å². The lowest BCUT2D eigenvalue weighted by Crippen LogP contribution is -2.65. The van der Waals surface area contributed by atoms with Crippen LogP contribution < -0.4 is 5.32 Å². The zero-order valence-electron chi connectivity index (χ0n) is 45.0. The van der Waals surface area contributed by atoms with E-state index >= 15 is 0 Å². The number of ether oxygens (including phenoxy) is 10. The van der Waals surface area contributed by atoms with Crippen LogP contribution in [0.25, 0.3) is 6.08 Å². The van der Waals surface area contributed by atoms with Gasteiger partial charge in [0.1, 0.15) is 54.2 Å². The Balaban J connectivity index is 1.28. The third-order valence-corrected chi connectivity index (χ3v) is 15.4. The van der Waals surface area contributed by atoms with Crippen molar-refractivity contribution >= 4 is 18.1 Å². The summed E-state index contributed by atoms with van der Waals surface area (Å²) in [5.41, 5.74) is 2.38. The van der Waals surface area contributed by atoms with Gasteiger partial charge < -0.3 is 67.3 Å². The van der Waals surface area contributed by atoms with Crippen molar-refractivity contribution in [3.63, 3.8) is 0 Å². The van der Waals surface area contributed by atoms with E-state index < -0.39 is 79.0 Å². The molecule has 18 nitrogen and oxygen atoms in total. The SMILES string of the molecule is CNC(=O)OC1C(OC)COC(OC2C(O)C(COC)OC(OC3CC(OC)CC4C3C(C)=CC3C=CC=CC(C)C(C=Cc5nc(C(C)CCCC#N)oc5C)OC(=O)CCC=C(C)C=CC34C)C2OC)C1O. The maximum atomic E-state index is 13.4. The van der Waals surface area contributed by atoms with Gasteiger partial charge in [0.2, 0.25) is 0 Å². The summed E-state index contributed by atoms with van der Waals surface area (Å²) in [5.74, 6) is 0.743. The monoisotopic (exact) mass is 1040 g/mol. The number of alkyl carbamates (subject to hydrolysis) is 1. The van der Waals surface area contributed by atoms with Gasteiger partial charge in [-0.3, -0.25) is 4.79 Å². The van der Waals surface area contributed by atoms with E-state index in [-0.39, 0.29) is 61.3 Å². The van der Waals surface area contributed by atoms with Gasteiger partial charge in [-0.05, 0) is 69.9 Å². The van der Waals surface area contributed by atoms with E-state index in [0.29, 0.717) is 36.6 Å². The number of unbranched alkanes of at least 4 members (excludes halogenated alkanes) is 1. The van der Waals surface area contributed by atoms with E-state index in [1.807, 2.05) is 52.0 Å². The average molecular weight is 1040 g/mol. The van der Waals surface area contributed by atoms with Crippen LogP contribution in [0, 0.1) is 47.3 Å². The van der Waals surface area contributed by atoms with Crippen molar-refractivity contribution in [1.29, 1.82) is 5.26 Å².